The van der Waals surface area contributed by atoms with E-state index in [1.165, 1.54) is 6.08 Å². The van der Waals surface area contributed by atoms with Crippen molar-refractivity contribution in [3.63, 3.8) is 0 Å². The first-order valence-electron chi connectivity index (χ1n) is 18.9. The summed E-state index contributed by atoms with van der Waals surface area (Å²) < 4.78 is 11.8. The Hall–Kier alpha value is -3.08. The van der Waals surface area contributed by atoms with Gasteiger partial charge in [-0.3, -0.25) is 4.79 Å². The number of aliphatic hydroxyl groups excluding tert-OH is 5. The number of ether oxygens (including phenoxy) is 2. The molecule has 5 N–H and O–H groups in total. The molecule has 9 nitrogen and oxygen atoms in total. The van der Waals surface area contributed by atoms with Gasteiger partial charge in [-0.05, 0) is 85.5 Å². The smallest absolute Gasteiger partial charge is 0.331 e. The molecule has 0 bridgehead atoms. The summed E-state index contributed by atoms with van der Waals surface area (Å²) in [6, 6.07) is 0. The largest absolute Gasteiger partial charge is 0.462 e. The second kappa shape index (κ2) is 25.0. The molecule has 0 fully saturated rings. The van der Waals surface area contributed by atoms with Gasteiger partial charge in [0.2, 0.25) is 0 Å². The fraction of sp³-hybridized carbons (Fsp3) is 0.628. The molecule has 0 amide bonds. The zero-order valence-corrected chi connectivity index (χ0v) is 33.1. The Labute approximate surface area is 313 Å². The molecule has 0 unspecified atom stereocenters. The molecular formula is C43H68O9. The number of carbonyl (C=O) groups is 2. The number of hydrogen-bond donors (Lipinski definition) is 5. The Balaban J connectivity index is 2.79. The van der Waals surface area contributed by atoms with Crippen LogP contribution >= 0.6 is 0 Å². The molecule has 9 heteroatoms. The van der Waals surface area contributed by atoms with Crippen LogP contribution in [0.2, 0.25) is 0 Å². The molecule has 0 spiro atoms. The highest BCUT2D eigenvalue weighted by Crippen LogP contribution is 2.26. The molecule has 0 aromatic rings. The lowest BCUT2D eigenvalue weighted by atomic mass is 9.90. The van der Waals surface area contributed by atoms with Gasteiger partial charge >= 0.3 is 11.9 Å². The third kappa shape index (κ3) is 20.8. The van der Waals surface area contributed by atoms with E-state index in [1.54, 1.807) is 26.0 Å². The minimum absolute atomic E-state index is 0.0633. The Bertz CT molecular complexity index is 1300. The minimum atomic E-state index is -1.07. The summed E-state index contributed by atoms with van der Waals surface area (Å²) in [6.45, 7) is 17.0. The number of hydrogen-bond acceptors (Lipinski definition) is 9. The molecule has 1 heterocycles. The van der Waals surface area contributed by atoms with Gasteiger partial charge in [-0.25, -0.2) is 4.79 Å². The highest BCUT2D eigenvalue weighted by atomic mass is 16.5. The molecule has 0 saturated carbocycles. The molecular weight excluding hydrogens is 660 g/mol. The van der Waals surface area contributed by atoms with Gasteiger partial charge in [0.25, 0.3) is 0 Å². The van der Waals surface area contributed by atoms with Gasteiger partial charge in [-0.15, -0.1) is 0 Å². The Morgan fingerprint density at radius 3 is 2.15 bits per heavy atom. The first kappa shape index (κ1) is 46.9. The number of esters is 2. The highest BCUT2D eigenvalue weighted by molar-refractivity contribution is 5.82. The van der Waals surface area contributed by atoms with Crippen LogP contribution in [0.3, 0.4) is 0 Å². The van der Waals surface area contributed by atoms with Crippen molar-refractivity contribution in [2.75, 3.05) is 0 Å². The summed E-state index contributed by atoms with van der Waals surface area (Å²) in [5.41, 5.74) is 3.68. The van der Waals surface area contributed by atoms with Gasteiger partial charge in [0, 0.05) is 31.3 Å². The van der Waals surface area contributed by atoms with Gasteiger partial charge in [0.15, 0.2) is 0 Å². The van der Waals surface area contributed by atoms with Crippen LogP contribution in [0.4, 0.5) is 0 Å². The summed E-state index contributed by atoms with van der Waals surface area (Å²) in [5.74, 6) is -0.652. The standard InChI is InChI=1S/C43H68O9/c1-28(14-12-15-29(2)25-38(47)39(48)27-36(9)45)22-30(3)20-21-43(50)51-40-18-13-19-42(49)52-41(17-11-10-16-32(40)5)34(7)24-31(4)23-33(6)37(46)26-35(8)44/h10-12,14-15,20-23,25,32-41,44-48H,13,16-19,24,26-27H2,1-9H3/b11-10-,15-12+,21-20+,28-14+,29-25+,30-22+,31-23+/t32-,33+,34-,35+,36+,37+,38-,39-,40-,41+/m0/s1. The van der Waals surface area contributed by atoms with Crippen molar-refractivity contribution in [2.45, 2.75) is 156 Å². The zero-order chi connectivity index (χ0) is 39.4. The third-order valence-electron chi connectivity index (χ3n) is 9.18. The summed E-state index contributed by atoms with van der Waals surface area (Å²) >= 11 is 0. The lowest BCUT2D eigenvalue weighted by Gasteiger charge is -2.26. The van der Waals surface area contributed by atoms with Gasteiger partial charge in [-0.2, -0.15) is 0 Å². The average molecular weight is 729 g/mol. The van der Waals surface area contributed by atoms with Crippen molar-refractivity contribution >= 4 is 11.9 Å². The molecule has 0 aromatic carbocycles. The molecule has 1 aliphatic heterocycles. The second-order valence-corrected chi connectivity index (χ2v) is 15.1. The molecule has 1 rings (SSSR count). The number of cyclic esters (lactones) is 1. The molecule has 0 aromatic heterocycles. The van der Waals surface area contributed by atoms with E-state index in [0.29, 0.717) is 25.7 Å². The predicted molar refractivity (Wildman–Crippen MR) is 208 cm³/mol. The lowest BCUT2D eigenvalue weighted by molar-refractivity contribution is -0.151. The molecule has 0 saturated heterocycles. The summed E-state index contributed by atoms with van der Waals surface area (Å²) in [7, 11) is 0. The lowest BCUT2D eigenvalue weighted by Crippen LogP contribution is -2.27. The Morgan fingerprint density at radius 2 is 1.50 bits per heavy atom. The van der Waals surface area contributed by atoms with Crippen LogP contribution < -0.4 is 0 Å². The van der Waals surface area contributed by atoms with Gasteiger partial charge in [0.05, 0.1) is 30.5 Å². The normalized spacial score (nSPS) is 25.3. The molecule has 294 valence electrons. The van der Waals surface area contributed by atoms with E-state index in [-0.39, 0.29) is 48.8 Å². The number of rotatable bonds is 17. The van der Waals surface area contributed by atoms with Crippen molar-refractivity contribution < 1.29 is 44.6 Å². The van der Waals surface area contributed by atoms with Crippen molar-refractivity contribution in [2.24, 2.45) is 17.8 Å². The van der Waals surface area contributed by atoms with E-state index in [1.807, 2.05) is 71.1 Å². The van der Waals surface area contributed by atoms with Gasteiger partial charge in [-0.1, -0.05) is 97.7 Å². The van der Waals surface area contributed by atoms with E-state index in [9.17, 15) is 35.1 Å². The first-order valence-corrected chi connectivity index (χ1v) is 18.9. The maximum atomic E-state index is 12.9. The SMILES string of the molecule is CC(=C\C=C\C(C)=C\[C@H](O)[C@@H](O)C[C@@H](C)O)/C=C(C)/C=C/C(=O)O[C@H]1CCCC(=O)O[C@@H]([C@@H](C)C/C(C)=C/[C@@H](C)[C@H](O)C[C@@H](C)O)C/C=C\C[C@@H]1C. The minimum Gasteiger partial charge on any atom is -0.462 e. The van der Waals surface area contributed by atoms with Gasteiger partial charge < -0.3 is 35.0 Å². The topological polar surface area (TPSA) is 154 Å². The van der Waals surface area contributed by atoms with Crippen LogP contribution in [-0.4, -0.2) is 80.2 Å². The van der Waals surface area contributed by atoms with Crippen molar-refractivity contribution in [3.8, 4) is 0 Å². The van der Waals surface area contributed by atoms with Gasteiger partial charge in [0.1, 0.15) is 12.2 Å². The number of aliphatic hydroxyl groups is 5. The van der Waals surface area contributed by atoms with Crippen LogP contribution in [0.25, 0.3) is 0 Å². The molecule has 10 atom stereocenters. The maximum absolute atomic E-state index is 12.9. The van der Waals surface area contributed by atoms with Crippen LogP contribution in [0.1, 0.15) is 114 Å². The molecule has 52 heavy (non-hydrogen) atoms. The molecule has 0 radical (unpaired) electrons. The predicted octanol–water partition coefficient (Wildman–Crippen LogP) is 7.15. The maximum Gasteiger partial charge on any atom is 0.331 e. The van der Waals surface area contributed by atoms with Crippen LogP contribution in [0.15, 0.2) is 83.1 Å². The van der Waals surface area contributed by atoms with E-state index in [0.717, 1.165) is 35.1 Å². The average Bonchev–Trinajstić information content (AvgIpc) is 3.03. The number of carbonyl (C=O) groups excluding carboxylic acids is 2. The van der Waals surface area contributed by atoms with E-state index in [2.05, 4.69) is 19.9 Å². The second-order valence-electron chi connectivity index (χ2n) is 15.1. The van der Waals surface area contributed by atoms with Crippen molar-refractivity contribution in [1.29, 1.82) is 0 Å². The molecule has 1 aliphatic rings. The molecule has 0 aliphatic carbocycles. The third-order valence-corrected chi connectivity index (χ3v) is 9.18. The Morgan fingerprint density at radius 1 is 0.865 bits per heavy atom. The van der Waals surface area contributed by atoms with E-state index in [4.69, 9.17) is 9.47 Å². The first-order chi connectivity index (χ1) is 24.4. The van der Waals surface area contributed by atoms with Crippen LogP contribution in [-0.2, 0) is 19.1 Å². The highest BCUT2D eigenvalue weighted by Gasteiger charge is 2.25. The summed E-state index contributed by atoms with van der Waals surface area (Å²) in [4.78, 5) is 25.7. The Kier molecular flexibility index (Phi) is 22.6. The fourth-order valence-corrected chi connectivity index (χ4v) is 6.18. The zero-order valence-electron chi connectivity index (χ0n) is 33.1. The fourth-order valence-electron chi connectivity index (χ4n) is 6.18. The summed E-state index contributed by atoms with van der Waals surface area (Å²) in [6.07, 6.45) is 17.5. The van der Waals surface area contributed by atoms with Crippen LogP contribution in [0, 0.1) is 17.8 Å². The van der Waals surface area contributed by atoms with E-state index < -0.39 is 36.5 Å². The number of allylic oxidation sites excluding steroid dienone is 10. The van der Waals surface area contributed by atoms with Crippen LogP contribution in [0.5, 0.6) is 0 Å². The summed E-state index contributed by atoms with van der Waals surface area (Å²) in [5, 5.41) is 49.4. The van der Waals surface area contributed by atoms with E-state index >= 15 is 0 Å². The quantitative estimate of drug-likeness (QED) is 0.0455. The van der Waals surface area contributed by atoms with Crippen molar-refractivity contribution in [1.82, 2.24) is 0 Å². The monoisotopic (exact) mass is 728 g/mol. The van der Waals surface area contributed by atoms with Crippen molar-refractivity contribution in [3.05, 3.63) is 83.1 Å².